The Morgan fingerprint density at radius 3 is 2.48 bits per heavy atom. The largest absolute Gasteiger partial charge is 0.483 e. The Morgan fingerprint density at radius 2 is 1.87 bits per heavy atom. The summed E-state index contributed by atoms with van der Waals surface area (Å²) in [6, 6.07) is 15.0. The van der Waals surface area contributed by atoms with Crippen LogP contribution in [-0.4, -0.2) is 41.6 Å². The SMILES string of the molecule is N#CC1(Cc2ccc(Cl)cc2)CCN(C(=O)COc2ccc(Br)cc2CC(=O)O)CC1. The van der Waals surface area contributed by atoms with Crippen molar-refractivity contribution in [2.45, 2.75) is 25.7 Å². The summed E-state index contributed by atoms with van der Waals surface area (Å²) in [4.78, 5) is 25.4. The molecule has 3 rings (SSSR count). The van der Waals surface area contributed by atoms with Gasteiger partial charge < -0.3 is 14.7 Å². The average molecular weight is 506 g/mol. The van der Waals surface area contributed by atoms with Gasteiger partial charge in [0.05, 0.1) is 17.9 Å². The number of likely N-dealkylation sites (tertiary alicyclic amines) is 1. The predicted octanol–water partition coefficient (Wildman–Crippen LogP) is 4.48. The molecule has 0 spiro atoms. The number of ether oxygens (including phenoxy) is 1. The van der Waals surface area contributed by atoms with Gasteiger partial charge in [0, 0.05) is 28.1 Å². The van der Waals surface area contributed by atoms with Gasteiger partial charge in [-0.05, 0) is 55.2 Å². The van der Waals surface area contributed by atoms with Crippen LogP contribution in [0.4, 0.5) is 0 Å². The van der Waals surface area contributed by atoms with Crippen LogP contribution in [-0.2, 0) is 22.4 Å². The highest BCUT2D eigenvalue weighted by atomic mass is 79.9. The molecule has 1 saturated heterocycles. The van der Waals surface area contributed by atoms with Gasteiger partial charge in [-0.3, -0.25) is 9.59 Å². The molecule has 162 valence electrons. The Labute approximate surface area is 194 Å². The highest BCUT2D eigenvalue weighted by Gasteiger charge is 2.36. The quantitative estimate of drug-likeness (QED) is 0.599. The fraction of sp³-hybridized carbons (Fsp3) is 0.348. The number of aliphatic carboxylic acids is 1. The van der Waals surface area contributed by atoms with E-state index in [4.69, 9.17) is 21.4 Å². The molecule has 0 aromatic heterocycles. The molecule has 0 radical (unpaired) electrons. The molecule has 1 heterocycles. The molecule has 1 aliphatic rings. The van der Waals surface area contributed by atoms with Gasteiger partial charge in [-0.2, -0.15) is 5.26 Å². The molecule has 6 nitrogen and oxygen atoms in total. The van der Waals surface area contributed by atoms with Crippen molar-refractivity contribution < 1.29 is 19.4 Å². The number of nitrogens with zero attached hydrogens (tertiary/aromatic N) is 2. The molecule has 2 aromatic rings. The van der Waals surface area contributed by atoms with E-state index in [1.54, 1.807) is 23.1 Å². The second-order valence-corrected chi connectivity index (χ2v) is 9.04. The summed E-state index contributed by atoms with van der Waals surface area (Å²) in [5.74, 6) is -0.772. The lowest BCUT2D eigenvalue weighted by atomic mass is 9.75. The maximum Gasteiger partial charge on any atom is 0.307 e. The van der Waals surface area contributed by atoms with Crippen molar-refractivity contribution >= 4 is 39.4 Å². The van der Waals surface area contributed by atoms with Crippen LogP contribution in [0.5, 0.6) is 5.75 Å². The molecule has 31 heavy (non-hydrogen) atoms. The van der Waals surface area contributed by atoms with Crippen LogP contribution in [0.1, 0.15) is 24.0 Å². The van der Waals surface area contributed by atoms with Crippen LogP contribution in [0.25, 0.3) is 0 Å². The molecule has 0 bridgehead atoms. The molecule has 1 aliphatic heterocycles. The second kappa shape index (κ2) is 10.2. The summed E-state index contributed by atoms with van der Waals surface area (Å²) in [6.07, 6.45) is 1.60. The van der Waals surface area contributed by atoms with Gasteiger partial charge in [0.25, 0.3) is 5.91 Å². The number of halogens is 2. The minimum Gasteiger partial charge on any atom is -0.483 e. The number of nitriles is 1. The fourth-order valence-corrected chi connectivity index (χ4v) is 4.26. The first-order valence-corrected chi connectivity index (χ1v) is 11.0. The summed E-state index contributed by atoms with van der Waals surface area (Å²) in [7, 11) is 0. The molecule has 1 amide bonds. The molecular weight excluding hydrogens is 484 g/mol. The molecule has 0 unspecified atom stereocenters. The Morgan fingerprint density at radius 1 is 1.19 bits per heavy atom. The van der Waals surface area contributed by atoms with Crippen molar-refractivity contribution in [2.75, 3.05) is 19.7 Å². The molecule has 0 aliphatic carbocycles. The van der Waals surface area contributed by atoms with Crippen LogP contribution in [0.2, 0.25) is 5.02 Å². The van der Waals surface area contributed by atoms with E-state index >= 15 is 0 Å². The van der Waals surface area contributed by atoms with E-state index in [9.17, 15) is 14.9 Å². The van der Waals surface area contributed by atoms with E-state index in [0.29, 0.717) is 48.7 Å². The zero-order valence-corrected chi connectivity index (χ0v) is 19.2. The van der Waals surface area contributed by atoms with Crippen molar-refractivity contribution in [2.24, 2.45) is 5.41 Å². The molecule has 8 heteroatoms. The number of rotatable bonds is 7. The van der Waals surface area contributed by atoms with E-state index in [0.717, 1.165) is 10.0 Å². The first-order valence-electron chi connectivity index (χ1n) is 9.87. The lowest BCUT2D eigenvalue weighted by Gasteiger charge is -2.37. The number of carboxylic acids is 1. The topological polar surface area (TPSA) is 90.6 Å². The summed E-state index contributed by atoms with van der Waals surface area (Å²) in [5, 5.41) is 19.5. The Hall–Kier alpha value is -2.56. The van der Waals surface area contributed by atoms with Gasteiger partial charge in [0.2, 0.25) is 0 Å². The standard InChI is InChI=1S/C23H22BrClN2O4/c24-18-3-6-20(17(11-18)12-22(29)30)31-14-21(28)27-9-7-23(15-26,8-10-27)13-16-1-4-19(25)5-2-16/h1-6,11H,7-10,12-14H2,(H,29,30). The molecule has 0 atom stereocenters. The summed E-state index contributed by atoms with van der Waals surface area (Å²) < 4.78 is 6.38. The molecule has 1 N–H and O–H groups in total. The summed E-state index contributed by atoms with van der Waals surface area (Å²) in [5.41, 5.74) is 1.04. The van der Waals surface area contributed by atoms with E-state index in [1.807, 2.05) is 24.3 Å². The van der Waals surface area contributed by atoms with Crippen LogP contribution in [0.15, 0.2) is 46.9 Å². The molecule has 0 saturated carbocycles. The van der Waals surface area contributed by atoms with E-state index < -0.39 is 11.4 Å². The third-order valence-electron chi connectivity index (χ3n) is 5.48. The average Bonchev–Trinajstić information content (AvgIpc) is 2.75. The van der Waals surface area contributed by atoms with E-state index in [1.165, 1.54) is 0 Å². The lowest BCUT2D eigenvalue weighted by molar-refractivity contribution is -0.136. The van der Waals surface area contributed by atoms with Crippen LogP contribution >= 0.6 is 27.5 Å². The maximum atomic E-state index is 12.6. The fourth-order valence-electron chi connectivity index (χ4n) is 3.73. The first kappa shape index (κ1) is 23.1. The number of hydrogen-bond donors (Lipinski definition) is 1. The zero-order chi connectivity index (χ0) is 22.4. The van der Waals surface area contributed by atoms with Gasteiger partial charge in [0.1, 0.15) is 5.75 Å². The number of carboxylic acid groups (broad SMARTS) is 1. The second-order valence-electron chi connectivity index (χ2n) is 7.69. The zero-order valence-electron chi connectivity index (χ0n) is 16.8. The van der Waals surface area contributed by atoms with E-state index in [2.05, 4.69) is 22.0 Å². The third-order valence-corrected chi connectivity index (χ3v) is 6.23. The van der Waals surface area contributed by atoms with Crippen LogP contribution < -0.4 is 4.74 Å². The van der Waals surface area contributed by atoms with Gasteiger partial charge >= 0.3 is 5.97 Å². The van der Waals surface area contributed by atoms with Gasteiger partial charge in [0.15, 0.2) is 6.61 Å². The number of benzene rings is 2. The lowest BCUT2D eigenvalue weighted by Crippen LogP contribution is -2.45. The maximum absolute atomic E-state index is 12.6. The summed E-state index contributed by atoms with van der Waals surface area (Å²) >= 11 is 9.26. The number of carbonyl (C=O) groups is 2. The number of piperidine rings is 1. The van der Waals surface area contributed by atoms with Gasteiger partial charge in [-0.25, -0.2) is 0 Å². The minimum atomic E-state index is -0.973. The van der Waals surface area contributed by atoms with Crippen LogP contribution in [0, 0.1) is 16.7 Å². The Bertz CT molecular complexity index is 996. The Balaban J connectivity index is 1.57. The Kier molecular flexibility index (Phi) is 7.58. The molecule has 2 aromatic carbocycles. The smallest absolute Gasteiger partial charge is 0.307 e. The molecule has 1 fully saturated rings. The highest BCUT2D eigenvalue weighted by molar-refractivity contribution is 9.10. The minimum absolute atomic E-state index is 0.176. The van der Waals surface area contributed by atoms with Crippen molar-refractivity contribution in [1.29, 1.82) is 5.26 Å². The number of amides is 1. The van der Waals surface area contributed by atoms with Crippen molar-refractivity contribution in [3.63, 3.8) is 0 Å². The van der Waals surface area contributed by atoms with E-state index in [-0.39, 0.29) is 18.9 Å². The van der Waals surface area contributed by atoms with Gasteiger partial charge in [-0.1, -0.05) is 39.7 Å². The highest BCUT2D eigenvalue weighted by Crippen LogP contribution is 2.35. The monoisotopic (exact) mass is 504 g/mol. The predicted molar refractivity (Wildman–Crippen MR) is 120 cm³/mol. The van der Waals surface area contributed by atoms with Crippen LogP contribution in [0.3, 0.4) is 0 Å². The number of carbonyl (C=O) groups excluding carboxylic acids is 1. The van der Waals surface area contributed by atoms with Crippen molar-refractivity contribution in [1.82, 2.24) is 4.90 Å². The van der Waals surface area contributed by atoms with Crippen molar-refractivity contribution in [3.05, 3.63) is 63.1 Å². The third kappa shape index (κ3) is 6.22. The van der Waals surface area contributed by atoms with Crippen molar-refractivity contribution in [3.8, 4) is 11.8 Å². The molecular formula is C23H22BrClN2O4. The summed E-state index contributed by atoms with van der Waals surface area (Å²) in [6.45, 7) is 0.780. The first-order chi connectivity index (χ1) is 14.8. The number of hydrogen-bond acceptors (Lipinski definition) is 4. The normalized spacial score (nSPS) is 15.2. The van der Waals surface area contributed by atoms with Gasteiger partial charge in [-0.15, -0.1) is 0 Å².